The molecule has 0 bridgehead atoms. The van der Waals surface area contributed by atoms with Crippen LogP contribution >= 0.6 is 0 Å². The van der Waals surface area contributed by atoms with Crippen LogP contribution < -0.4 is 5.73 Å². The fourth-order valence-corrected chi connectivity index (χ4v) is 3.63. The third kappa shape index (κ3) is 1.81. The molecule has 1 saturated carbocycles. The van der Waals surface area contributed by atoms with E-state index in [2.05, 4.69) is 4.90 Å². The van der Waals surface area contributed by atoms with Crippen LogP contribution in [-0.2, 0) is 4.74 Å². The van der Waals surface area contributed by atoms with Crippen LogP contribution in [0.3, 0.4) is 0 Å². The van der Waals surface area contributed by atoms with E-state index in [1.807, 2.05) is 0 Å². The smallest absolute Gasteiger partial charge is 0.0622 e. The molecular formula is C12H22N2O. The van der Waals surface area contributed by atoms with Crippen molar-refractivity contribution in [2.24, 2.45) is 11.1 Å². The summed E-state index contributed by atoms with van der Waals surface area (Å²) >= 11 is 0. The Morgan fingerprint density at radius 1 is 1.20 bits per heavy atom. The molecule has 0 aromatic carbocycles. The zero-order chi connectivity index (χ0) is 10.3. The molecule has 15 heavy (non-hydrogen) atoms. The van der Waals surface area contributed by atoms with Crippen molar-refractivity contribution in [3.63, 3.8) is 0 Å². The molecule has 0 aromatic rings. The molecule has 3 heteroatoms. The Morgan fingerprint density at radius 3 is 2.47 bits per heavy atom. The summed E-state index contributed by atoms with van der Waals surface area (Å²) in [6.07, 6.45) is 6.55. The molecule has 3 rings (SSSR count). The predicted molar refractivity (Wildman–Crippen MR) is 59.7 cm³/mol. The first kappa shape index (κ1) is 10.1. The first-order chi connectivity index (χ1) is 7.27. The second-order valence-electron chi connectivity index (χ2n) is 5.72. The van der Waals surface area contributed by atoms with Crippen molar-refractivity contribution in [3.05, 3.63) is 0 Å². The minimum atomic E-state index is 0.506. The van der Waals surface area contributed by atoms with Gasteiger partial charge in [0.25, 0.3) is 0 Å². The molecule has 2 heterocycles. The molecule has 0 amide bonds. The van der Waals surface area contributed by atoms with Crippen LogP contribution in [0.15, 0.2) is 0 Å². The number of nitrogens with zero attached hydrogens (tertiary/aromatic N) is 1. The van der Waals surface area contributed by atoms with Crippen LogP contribution in [0.25, 0.3) is 0 Å². The fourth-order valence-electron chi connectivity index (χ4n) is 3.63. The van der Waals surface area contributed by atoms with Crippen LogP contribution in [0.2, 0.25) is 0 Å². The molecule has 86 valence electrons. The van der Waals surface area contributed by atoms with Crippen molar-refractivity contribution in [3.8, 4) is 0 Å². The normalized spacial score (nSPS) is 37.0. The Morgan fingerprint density at radius 2 is 1.93 bits per heavy atom. The molecule has 1 atom stereocenters. The van der Waals surface area contributed by atoms with E-state index in [1.54, 1.807) is 0 Å². The zero-order valence-corrected chi connectivity index (χ0v) is 9.45. The summed E-state index contributed by atoms with van der Waals surface area (Å²) in [5.41, 5.74) is 6.56. The van der Waals surface area contributed by atoms with Crippen LogP contribution in [0.1, 0.15) is 32.1 Å². The molecule has 1 spiro atoms. The molecule has 3 fully saturated rings. The van der Waals surface area contributed by atoms with Gasteiger partial charge < -0.3 is 10.5 Å². The fraction of sp³-hybridized carbons (Fsp3) is 1.00. The minimum Gasteiger partial charge on any atom is -0.380 e. The van der Waals surface area contributed by atoms with Gasteiger partial charge in [0.15, 0.2) is 0 Å². The van der Waals surface area contributed by atoms with E-state index in [-0.39, 0.29) is 0 Å². The maximum atomic E-state index is 5.91. The van der Waals surface area contributed by atoms with Crippen molar-refractivity contribution >= 4 is 0 Å². The van der Waals surface area contributed by atoms with Crippen molar-refractivity contribution in [2.75, 3.05) is 26.3 Å². The number of piperidine rings is 1. The summed E-state index contributed by atoms with van der Waals surface area (Å²) in [4.78, 5) is 2.64. The lowest BCUT2D eigenvalue weighted by molar-refractivity contribution is 0.00149. The number of hydrogen-bond acceptors (Lipinski definition) is 3. The highest BCUT2D eigenvalue weighted by Gasteiger charge is 2.45. The SMILES string of the molecule is NC1CC2(CCN(C3CCOC3)CC2)C1. The maximum absolute atomic E-state index is 5.91. The van der Waals surface area contributed by atoms with Crippen LogP contribution in [-0.4, -0.2) is 43.3 Å². The van der Waals surface area contributed by atoms with Gasteiger partial charge in [0, 0.05) is 18.7 Å². The van der Waals surface area contributed by atoms with Crippen LogP contribution in [0, 0.1) is 5.41 Å². The second kappa shape index (κ2) is 3.72. The van der Waals surface area contributed by atoms with E-state index in [0.717, 1.165) is 19.3 Å². The number of hydrogen-bond donors (Lipinski definition) is 1. The third-order valence-electron chi connectivity index (χ3n) is 4.67. The summed E-state index contributed by atoms with van der Waals surface area (Å²) in [7, 11) is 0. The molecular weight excluding hydrogens is 188 g/mol. The largest absolute Gasteiger partial charge is 0.380 e. The summed E-state index contributed by atoms with van der Waals surface area (Å²) in [5.74, 6) is 0. The maximum Gasteiger partial charge on any atom is 0.0622 e. The van der Waals surface area contributed by atoms with Gasteiger partial charge in [-0.05, 0) is 50.6 Å². The molecule has 3 aliphatic rings. The molecule has 2 saturated heterocycles. The Hall–Kier alpha value is -0.120. The van der Waals surface area contributed by atoms with E-state index in [4.69, 9.17) is 10.5 Å². The van der Waals surface area contributed by atoms with Gasteiger partial charge in [-0.2, -0.15) is 0 Å². The highest BCUT2D eigenvalue weighted by Crippen LogP contribution is 2.48. The van der Waals surface area contributed by atoms with Crippen LogP contribution in [0.5, 0.6) is 0 Å². The lowest BCUT2D eigenvalue weighted by atomic mass is 9.60. The highest BCUT2D eigenvalue weighted by atomic mass is 16.5. The lowest BCUT2D eigenvalue weighted by Crippen LogP contribution is -2.53. The van der Waals surface area contributed by atoms with Gasteiger partial charge >= 0.3 is 0 Å². The average molecular weight is 210 g/mol. The average Bonchev–Trinajstić information content (AvgIpc) is 2.70. The van der Waals surface area contributed by atoms with Crippen molar-refractivity contribution in [1.82, 2.24) is 4.90 Å². The lowest BCUT2D eigenvalue weighted by Gasteiger charge is -2.52. The topological polar surface area (TPSA) is 38.5 Å². The summed E-state index contributed by atoms with van der Waals surface area (Å²) in [6.45, 7) is 4.49. The van der Waals surface area contributed by atoms with Gasteiger partial charge in [-0.3, -0.25) is 4.90 Å². The second-order valence-corrected chi connectivity index (χ2v) is 5.72. The molecule has 3 nitrogen and oxygen atoms in total. The Bertz CT molecular complexity index is 222. The van der Waals surface area contributed by atoms with E-state index < -0.39 is 0 Å². The number of nitrogens with two attached hydrogens (primary N) is 1. The number of rotatable bonds is 1. The van der Waals surface area contributed by atoms with Crippen LogP contribution in [0.4, 0.5) is 0 Å². The number of likely N-dealkylation sites (tertiary alicyclic amines) is 1. The first-order valence-corrected chi connectivity index (χ1v) is 6.35. The van der Waals surface area contributed by atoms with Gasteiger partial charge in [0.1, 0.15) is 0 Å². The molecule has 2 aliphatic heterocycles. The standard InChI is InChI=1S/C12H22N2O/c13-10-7-12(8-10)2-4-14(5-3-12)11-1-6-15-9-11/h10-11H,1-9,13H2. The predicted octanol–water partition coefficient (Wildman–Crippen LogP) is 0.979. The van der Waals surface area contributed by atoms with Gasteiger partial charge in [0.2, 0.25) is 0 Å². The molecule has 1 aliphatic carbocycles. The molecule has 2 N–H and O–H groups in total. The summed E-state index contributed by atoms with van der Waals surface area (Å²) in [6, 6.07) is 1.22. The third-order valence-corrected chi connectivity index (χ3v) is 4.67. The molecule has 0 radical (unpaired) electrons. The highest BCUT2D eigenvalue weighted by molar-refractivity contribution is 4.99. The van der Waals surface area contributed by atoms with E-state index in [1.165, 1.54) is 45.2 Å². The number of ether oxygens (including phenoxy) is 1. The first-order valence-electron chi connectivity index (χ1n) is 6.35. The van der Waals surface area contributed by atoms with Crippen molar-refractivity contribution in [1.29, 1.82) is 0 Å². The summed E-state index contributed by atoms with van der Waals surface area (Å²) in [5, 5.41) is 0. The Balaban J connectivity index is 1.52. The van der Waals surface area contributed by atoms with Crippen molar-refractivity contribution < 1.29 is 4.74 Å². The summed E-state index contributed by atoms with van der Waals surface area (Å²) < 4.78 is 5.46. The Labute approximate surface area is 91.9 Å². The minimum absolute atomic E-state index is 0.506. The van der Waals surface area contributed by atoms with Gasteiger partial charge in [-0.25, -0.2) is 0 Å². The monoisotopic (exact) mass is 210 g/mol. The Kier molecular flexibility index (Phi) is 2.49. The van der Waals surface area contributed by atoms with E-state index >= 15 is 0 Å². The van der Waals surface area contributed by atoms with Gasteiger partial charge in [-0.1, -0.05) is 0 Å². The molecule has 1 unspecified atom stereocenters. The van der Waals surface area contributed by atoms with E-state index in [9.17, 15) is 0 Å². The van der Waals surface area contributed by atoms with Crippen molar-refractivity contribution in [2.45, 2.75) is 44.2 Å². The van der Waals surface area contributed by atoms with Gasteiger partial charge in [-0.15, -0.1) is 0 Å². The molecule has 0 aromatic heterocycles. The quantitative estimate of drug-likeness (QED) is 0.701. The van der Waals surface area contributed by atoms with E-state index in [0.29, 0.717) is 11.5 Å². The van der Waals surface area contributed by atoms with Gasteiger partial charge in [0.05, 0.1) is 6.61 Å². The zero-order valence-electron chi connectivity index (χ0n) is 9.45.